The Labute approximate surface area is 75.1 Å². The lowest BCUT2D eigenvalue weighted by Crippen LogP contribution is -2.15. The summed E-state index contributed by atoms with van der Waals surface area (Å²) in [6, 6.07) is 3.52. The molecule has 1 aromatic heterocycles. The largest absolute Gasteiger partial charge is 0.464 e. The first kappa shape index (κ1) is 9.31. The number of rotatable bonds is 2. The van der Waals surface area contributed by atoms with Crippen molar-refractivity contribution in [1.29, 1.82) is 0 Å². The van der Waals surface area contributed by atoms with E-state index in [1.807, 2.05) is 5.43 Å². The molecule has 0 fully saturated rings. The van der Waals surface area contributed by atoms with E-state index < -0.39 is 6.09 Å². The second-order valence-corrected chi connectivity index (χ2v) is 2.52. The summed E-state index contributed by atoms with van der Waals surface area (Å²) < 4.78 is 5.21. The Hall–Kier alpha value is -1.78. The second kappa shape index (κ2) is 3.75. The van der Waals surface area contributed by atoms with Crippen molar-refractivity contribution in [3.63, 3.8) is 0 Å². The van der Waals surface area contributed by atoms with Crippen LogP contribution in [-0.4, -0.2) is 16.9 Å². The zero-order valence-corrected chi connectivity index (χ0v) is 7.37. The molecule has 0 saturated carbocycles. The summed E-state index contributed by atoms with van der Waals surface area (Å²) in [4.78, 5) is 10.1. The standard InChI is InChI=1S/C8H10N2O3/c1-5-3-4-7(13-5)6(2)9-10-8(11)12/h3-4,10H,1-2H3,(H,11,12). The van der Waals surface area contributed by atoms with Crippen LogP contribution in [0.5, 0.6) is 0 Å². The minimum atomic E-state index is -1.19. The summed E-state index contributed by atoms with van der Waals surface area (Å²) in [5.41, 5.74) is 2.39. The van der Waals surface area contributed by atoms with Crippen LogP contribution in [0.2, 0.25) is 0 Å². The molecule has 0 aliphatic carbocycles. The summed E-state index contributed by atoms with van der Waals surface area (Å²) >= 11 is 0. The van der Waals surface area contributed by atoms with Crippen molar-refractivity contribution in [1.82, 2.24) is 5.43 Å². The van der Waals surface area contributed by atoms with Gasteiger partial charge in [0.05, 0.1) is 0 Å². The van der Waals surface area contributed by atoms with Gasteiger partial charge in [-0.25, -0.2) is 10.2 Å². The number of nitrogens with zero attached hydrogens (tertiary/aromatic N) is 1. The number of carboxylic acid groups (broad SMARTS) is 1. The molecule has 0 radical (unpaired) electrons. The van der Waals surface area contributed by atoms with Gasteiger partial charge < -0.3 is 9.52 Å². The van der Waals surface area contributed by atoms with Gasteiger partial charge in [-0.1, -0.05) is 0 Å². The lowest BCUT2D eigenvalue weighted by atomic mass is 10.3. The zero-order valence-electron chi connectivity index (χ0n) is 7.37. The number of hydrogen-bond acceptors (Lipinski definition) is 3. The van der Waals surface area contributed by atoms with Crippen molar-refractivity contribution < 1.29 is 14.3 Å². The molecule has 0 atom stereocenters. The predicted octanol–water partition coefficient (Wildman–Crippen LogP) is 1.58. The van der Waals surface area contributed by atoms with Gasteiger partial charge in [-0.3, -0.25) is 0 Å². The maximum absolute atomic E-state index is 10.1. The summed E-state index contributed by atoms with van der Waals surface area (Å²) in [7, 11) is 0. The minimum absolute atomic E-state index is 0.496. The Bertz CT molecular complexity index is 341. The van der Waals surface area contributed by atoms with Crippen LogP contribution in [0, 0.1) is 6.92 Å². The maximum atomic E-state index is 10.1. The van der Waals surface area contributed by atoms with Crippen molar-refractivity contribution >= 4 is 11.8 Å². The highest BCUT2D eigenvalue weighted by molar-refractivity contribution is 5.96. The number of carbonyl (C=O) groups is 1. The lowest BCUT2D eigenvalue weighted by Gasteiger charge is -1.94. The van der Waals surface area contributed by atoms with Gasteiger partial charge in [0.2, 0.25) is 0 Å². The molecule has 0 aliphatic rings. The molecule has 13 heavy (non-hydrogen) atoms. The van der Waals surface area contributed by atoms with Crippen molar-refractivity contribution in [2.24, 2.45) is 5.10 Å². The van der Waals surface area contributed by atoms with Gasteiger partial charge >= 0.3 is 6.09 Å². The van der Waals surface area contributed by atoms with Crippen LogP contribution >= 0.6 is 0 Å². The Balaban J connectivity index is 2.72. The highest BCUT2D eigenvalue weighted by Gasteiger charge is 2.02. The van der Waals surface area contributed by atoms with Gasteiger partial charge in [0.15, 0.2) is 0 Å². The normalized spacial score (nSPS) is 11.4. The predicted molar refractivity (Wildman–Crippen MR) is 46.8 cm³/mol. The molecule has 0 aliphatic heterocycles. The van der Waals surface area contributed by atoms with E-state index in [1.165, 1.54) is 0 Å². The van der Waals surface area contributed by atoms with Crippen LogP contribution in [0.3, 0.4) is 0 Å². The highest BCUT2D eigenvalue weighted by Crippen LogP contribution is 2.06. The molecule has 1 heterocycles. The molecular formula is C8H10N2O3. The molecule has 0 saturated heterocycles. The molecule has 70 valence electrons. The second-order valence-electron chi connectivity index (χ2n) is 2.52. The lowest BCUT2D eigenvalue weighted by molar-refractivity contribution is 0.195. The Morgan fingerprint density at radius 2 is 2.31 bits per heavy atom. The summed E-state index contributed by atoms with van der Waals surface area (Å²) in [5.74, 6) is 1.33. The van der Waals surface area contributed by atoms with Gasteiger partial charge in [0.25, 0.3) is 0 Å². The third kappa shape index (κ3) is 2.62. The smallest absolute Gasteiger partial charge is 0.425 e. The molecule has 0 bridgehead atoms. The van der Waals surface area contributed by atoms with Crippen molar-refractivity contribution in [3.8, 4) is 0 Å². The summed E-state index contributed by atoms with van der Waals surface area (Å²) in [5, 5.41) is 11.8. The number of nitrogens with one attached hydrogen (secondary N) is 1. The Morgan fingerprint density at radius 3 is 2.77 bits per heavy atom. The van der Waals surface area contributed by atoms with Crippen LogP contribution in [0.4, 0.5) is 4.79 Å². The third-order valence-electron chi connectivity index (χ3n) is 1.42. The Kier molecular flexibility index (Phi) is 2.69. The topological polar surface area (TPSA) is 74.8 Å². The summed E-state index contributed by atoms with van der Waals surface area (Å²) in [6.07, 6.45) is -1.19. The minimum Gasteiger partial charge on any atom is -0.464 e. The zero-order chi connectivity index (χ0) is 9.84. The first-order chi connectivity index (χ1) is 6.09. The number of amides is 1. The van der Waals surface area contributed by atoms with E-state index in [0.717, 1.165) is 5.76 Å². The fourth-order valence-corrected chi connectivity index (χ4v) is 0.816. The van der Waals surface area contributed by atoms with E-state index in [0.29, 0.717) is 11.5 Å². The molecule has 0 unspecified atom stereocenters. The quantitative estimate of drug-likeness (QED) is 0.538. The molecule has 5 heteroatoms. The number of aryl methyl sites for hydroxylation is 1. The first-order valence-corrected chi connectivity index (χ1v) is 3.69. The first-order valence-electron chi connectivity index (χ1n) is 3.69. The van der Waals surface area contributed by atoms with E-state index in [9.17, 15) is 4.79 Å². The number of hydrogen-bond donors (Lipinski definition) is 2. The SMILES string of the molecule is CC(=NNC(=O)O)c1ccc(C)o1. The van der Waals surface area contributed by atoms with E-state index in [-0.39, 0.29) is 0 Å². The molecule has 1 rings (SSSR count). The molecular weight excluding hydrogens is 172 g/mol. The van der Waals surface area contributed by atoms with Gasteiger partial charge in [-0.05, 0) is 26.0 Å². The number of hydrazone groups is 1. The van der Waals surface area contributed by atoms with E-state index in [2.05, 4.69) is 5.10 Å². The molecule has 2 N–H and O–H groups in total. The molecule has 1 aromatic rings. The van der Waals surface area contributed by atoms with Crippen LogP contribution in [0.1, 0.15) is 18.4 Å². The van der Waals surface area contributed by atoms with Crippen molar-refractivity contribution in [2.45, 2.75) is 13.8 Å². The molecule has 0 aromatic carbocycles. The van der Waals surface area contributed by atoms with Gasteiger partial charge in [0, 0.05) is 0 Å². The fourth-order valence-electron chi connectivity index (χ4n) is 0.816. The molecule has 1 amide bonds. The average molecular weight is 182 g/mol. The number of furan rings is 1. The van der Waals surface area contributed by atoms with Gasteiger partial charge in [-0.2, -0.15) is 5.10 Å². The van der Waals surface area contributed by atoms with Crippen LogP contribution < -0.4 is 5.43 Å². The van der Waals surface area contributed by atoms with E-state index >= 15 is 0 Å². The average Bonchev–Trinajstić information content (AvgIpc) is 2.47. The fraction of sp³-hybridized carbons (Fsp3) is 0.250. The van der Waals surface area contributed by atoms with Crippen molar-refractivity contribution in [3.05, 3.63) is 23.7 Å². The monoisotopic (exact) mass is 182 g/mol. The van der Waals surface area contributed by atoms with E-state index in [4.69, 9.17) is 9.52 Å². The van der Waals surface area contributed by atoms with Crippen LogP contribution in [-0.2, 0) is 0 Å². The van der Waals surface area contributed by atoms with Gasteiger partial charge in [0.1, 0.15) is 17.2 Å². The third-order valence-corrected chi connectivity index (χ3v) is 1.42. The molecule has 5 nitrogen and oxygen atoms in total. The Morgan fingerprint density at radius 1 is 1.62 bits per heavy atom. The van der Waals surface area contributed by atoms with Crippen LogP contribution in [0.25, 0.3) is 0 Å². The molecule has 0 spiro atoms. The van der Waals surface area contributed by atoms with E-state index in [1.54, 1.807) is 26.0 Å². The summed E-state index contributed by atoms with van der Waals surface area (Å²) in [6.45, 7) is 3.47. The highest BCUT2D eigenvalue weighted by atomic mass is 16.4. The van der Waals surface area contributed by atoms with Crippen LogP contribution in [0.15, 0.2) is 21.7 Å². The maximum Gasteiger partial charge on any atom is 0.425 e. The van der Waals surface area contributed by atoms with Gasteiger partial charge in [-0.15, -0.1) is 0 Å². The van der Waals surface area contributed by atoms with Crippen molar-refractivity contribution in [2.75, 3.05) is 0 Å².